The van der Waals surface area contributed by atoms with Crippen LogP contribution in [0.15, 0.2) is 48.5 Å². The molecule has 2 aromatic carbocycles. The van der Waals surface area contributed by atoms with Crippen LogP contribution in [0.5, 0.6) is 0 Å². The number of hydrogen-bond acceptors (Lipinski definition) is 3. The molecule has 0 aliphatic carbocycles. The van der Waals surface area contributed by atoms with Crippen LogP contribution in [-0.2, 0) is 11.3 Å². The lowest BCUT2D eigenvalue weighted by Gasteiger charge is -2.14. The van der Waals surface area contributed by atoms with Crippen LogP contribution in [0.3, 0.4) is 0 Å². The van der Waals surface area contributed by atoms with Gasteiger partial charge >= 0.3 is 0 Å². The molecule has 7 heteroatoms. The summed E-state index contributed by atoms with van der Waals surface area (Å²) in [4.78, 5) is 23.0. The van der Waals surface area contributed by atoms with Crippen molar-refractivity contribution in [1.29, 1.82) is 0 Å². The molecule has 120 valence electrons. The number of rotatable bonds is 6. The van der Waals surface area contributed by atoms with Gasteiger partial charge in [0.25, 0.3) is 11.6 Å². The van der Waals surface area contributed by atoms with Gasteiger partial charge in [0.15, 0.2) is 6.54 Å². The number of carbonyl (C=O) groups is 1. The lowest BCUT2D eigenvalue weighted by atomic mass is 10.2. The van der Waals surface area contributed by atoms with Gasteiger partial charge in [0, 0.05) is 23.4 Å². The van der Waals surface area contributed by atoms with Gasteiger partial charge < -0.3 is 10.2 Å². The number of amides is 1. The molecule has 1 amide bonds. The van der Waals surface area contributed by atoms with E-state index in [2.05, 4.69) is 5.32 Å². The summed E-state index contributed by atoms with van der Waals surface area (Å²) in [6.45, 7) is 0.666. The van der Waals surface area contributed by atoms with Crippen LogP contribution in [0.4, 0.5) is 15.8 Å². The normalized spacial score (nSPS) is 11.7. The fourth-order valence-electron chi connectivity index (χ4n) is 2.23. The standard InChI is InChI=1S/C16H16FN3O3/c1-19(10-12-4-2-5-13(17)8-12)11-16(21)18-14-6-3-7-15(9-14)20(22)23/h2-9H,10-11H2,1H3,(H,18,21)/p+1. The summed E-state index contributed by atoms with van der Waals surface area (Å²) in [6.07, 6.45) is 0. The fourth-order valence-corrected chi connectivity index (χ4v) is 2.23. The summed E-state index contributed by atoms with van der Waals surface area (Å²) in [6, 6.07) is 12.0. The molecule has 2 N–H and O–H groups in total. The highest BCUT2D eigenvalue weighted by atomic mass is 19.1. The number of non-ortho nitro benzene ring substituents is 1. The molecule has 0 aromatic heterocycles. The van der Waals surface area contributed by atoms with E-state index >= 15 is 0 Å². The van der Waals surface area contributed by atoms with E-state index in [1.165, 1.54) is 30.3 Å². The Morgan fingerprint density at radius 2 is 2.00 bits per heavy atom. The molecule has 0 aliphatic rings. The van der Waals surface area contributed by atoms with Crippen molar-refractivity contribution in [2.24, 2.45) is 0 Å². The number of halogens is 1. The van der Waals surface area contributed by atoms with Crippen LogP contribution < -0.4 is 10.2 Å². The van der Waals surface area contributed by atoms with Crippen molar-refractivity contribution >= 4 is 17.3 Å². The third-order valence-electron chi connectivity index (χ3n) is 3.20. The van der Waals surface area contributed by atoms with Gasteiger partial charge in [-0.3, -0.25) is 14.9 Å². The van der Waals surface area contributed by atoms with Crippen LogP contribution >= 0.6 is 0 Å². The Morgan fingerprint density at radius 3 is 2.70 bits per heavy atom. The first-order valence-corrected chi connectivity index (χ1v) is 7.04. The second-order valence-electron chi connectivity index (χ2n) is 5.30. The number of carbonyl (C=O) groups excluding carboxylic acids is 1. The average molecular weight is 318 g/mol. The van der Waals surface area contributed by atoms with Gasteiger partial charge in [-0.15, -0.1) is 0 Å². The van der Waals surface area contributed by atoms with Crippen molar-refractivity contribution in [1.82, 2.24) is 0 Å². The lowest BCUT2D eigenvalue weighted by molar-refractivity contribution is -0.885. The molecule has 0 spiro atoms. The summed E-state index contributed by atoms with van der Waals surface area (Å²) in [5.41, 5.74) is 1.09. The van der Waals surface area contributed by atoms with Gasteiger partial charge in [-0.05, 0) is 18.2 Å². The zero-order valence-electron chi connectivity index (χ0n) is 12.6. The van der Waals surface area contributed by atoms with E-state index in [4.69, 9.17) is 0 Å². The van der Waals surface area contributed by atoms with Crippen molar-refractivity contribution in [3.63, 3.8) is 0 Å². The average Bonchev–Trinajstić information content (AvgIpc) is 2.47. The zero-order chi connectivity index (χ0) is 16.8. The highest BCUT2D eigenvalue weighted by Gasteiger charge is 2.13. The highest BCUT2D eigenvalue weighted by molar-refractivity contribution is 5.91. The summed E-state index contributed by atoms with van der Waals surface area (Å²) in [7, 11) is 1.82. The molecule has 0 heterocycles. The molecule has 1 unspecified atom stereocenters. The number of nitrogens with one attached hydrogen (secondary N) is 2. The van der Waals surface area contributed by atoms with Crippen molar-refractivity contribution in [3.05, 3.63) is 70.0 Å². The second-order valence-corrected chi connectivity index (χ2v) is 5.30. The van der Waals surface area contributed by atoms with Crippen LogP contribution in [0.2, 0.25) is 0 Å². The number of benzene rings is 2. The maximum absolute atomic E-state index is 13.1. The monoisotopic (exact) mass is 318 g/mol. The molecular weight excluding hydrogens is 301 g/mol. The number of nitrogens with zero attached hydrogens (tertiary/aromatic N) is 1. The Labute approximate surface area is 132 Å². The fraction of sp³-hybridized carbons (Fsp3) is 0.188. The third-order valence-corrected chi connectivity index (χ3v) is 3.20. The molecule has 6 nitrogen and oxygen atoms in total. The van der Waals surface area contributed by atoms with Gasteiger partial charge in [-0.1, -0.05) is 18.2 Å². The minimum absolute atomic E-state index is 0.0803. The number of nitro groups is 1. The van der Waals surface area contributed by atoms with Crippen LogP contribution in [0, 0.1) is 15.9 Å². The van der Waals surface area contributed by atoms with Crippen molar-refractivity contribution in [3.8, 4) is 0 Å². The van der Waals surface area contributed by atoms with Crippen LogP contribution in [0.25, 0.3) is 0 Å². The Balaban J connectivity index is 1.91. The number of anilines is 1. The van der Waals surface area contributed by atoms with Gasteiger partial charge in [-0.25, -0.2) is 4.39 Å². The maximum atomic E-state index is 13.1. The van der Waals surface area contributed by atoms with E-state index in [0.29, 0.717) is 12.2 Å². The van der Waals surface area contributed by atoms with Gasteiger partial charge in [0.1, 0.15) is 12.4 Å². The van der Waals surface area contributed by atoms with E-state index in [1.54, 1.807) is 18.2 Å². The Hall–Kier alpha value is -2.80. The lowest BCUT2D eigenvalue weighted by Crippen LogP contribution is -3.08. The minimum atomic E-state index is -0.517. The van der Waals surface area contributed by atoms with Crippen LogP contribution in [0.1, 0.15) is 5.56 Å². The first kappa shape index (κ1) is 16.6. The van der Waals surface area contributed by atoms with Crippen molar-refractivity contribution in [2.75, 3.05) is 18.9 Å². The third kappa shape index (κ3) is 5.15. The largest absolute Gasteiger partial charge is 0.326 e. The maximum Gasteiger partial charge on any atom is 0.279 e. The quantitative estimate of drug-likeness (QED) is 0.624. The smallest absolute Gasteiger partial charge is 0.279 e. The Kier molecular flexibility index (Phi) is 5.37. The Bertz CT molecular complexity index is 721. The molecule has 0 saturated carbocycles. The number of likely N-dealkylation sites (N-methyl/N-ethyl adjacent to an activating group) is 1. The summed E-state index contributed by atoms with van der Waals surface area (Å²) in [5, 5.41) is 13.3. The number of hydrogen-bond donors (Lipinski definition) is 2. The first-order chi connectivity index (χ1) is 10.9. The summed E-state index contributed by atoms with van der Waals surface area (Å²) in [5.74, 6) is -0.573. The highest BCUT2D eigenvalue weighted by Crippen LogP contribution is 2.16. The van der Waals surface area contributed by atoms with Crippen LogP contribution in [-0.4, -0.2) is 24.4 Å². The molecular formula is C16H17FN3O3+. The zero-order valence-corrected chi connectivity index (χ0v) is 12.6. The molecule has 1 atom stereocenters. The van der Waals surface area contributed by atoms with E-state index < -0.39 is 4.92 Å². The summed E-state index contributed by atoms with van der Waals surface area (Å²) >= 11 is 0. The predicted molar refractivity (Wildman–Crippen MR) is 83.6 cm³/mol. The topological polar surface area (TPSA) is 76.7 Å². The molecule has 0 radical (unpaired) electrons. The van der Waals surface area contributed by atoms with Crippen molar-refractivity contribution in [2.45, 2.75) is 6.54 Å². The van der Waals surface area contributed by atoms with Gasteiger partial charge in [0.05, 0.1) is 12.0 Å². The van der Waals surface area contributed by atoms with E-state index in [9.17, 15) is 19.3 Å². The SMILES string of the molecule is C[NH+](CC(=O)Nc1cccc([N+](=O)[O-])c1)Cc1cccc(F)c1. The molecule has 23 heavy (non-hydrogen) atoms. The van der Waals surface area contributed by atoms with E-state index in [0.717, 1.165) is 10.5 Å². The van der Waals surface area contributed by atoms with Crippen molar-refractivity contribution < 1.29 is 19.0 Å². The number of quaternary nitrogens is 1. The molecule has 0 saturated heterocycles. The second kappa shape index (κ2) is 7.46. The molecule has 0 fully saturated rings. The first-order valence-electron chi connectivity index (χ1n) is 7.04. The van der Waals surface area contributed by atoms with Gasteiger partial charge in [-0.2, -0.15) is 0 Å². The summed E-state index contributed by atoms with van der Waals surface area (Å²) < 4.78 is 13.1. The molecule has 0 aliphatic heterocycles. The molecule has 2 rings (SSSR count). The molecule has 0 bridgehead atoms. The predicted octanol–water partition coefficient (Wildman–Crippen LogP) is 1.39. The van der Waals surface area contributed by atoms with E-state index in [-0.39, 0.29) is 24.0 Å². The Morgan fingerprint density at radius 1 is 1.26 bits per heavy atom. The molecule has 2 aromatic rings. The number of nitro benzene ring substituents is 1. The van der Waals surface area contributed by atoms with E-state index in [1.807, 2.05) is 7.05 Å². The minimum Gasteiger partial charge on any atom is -0.326 e. The van der Waals surface area contributed by atoms with Gasteiger partial charge in [0.2, 0.25) is 0 Å².